The van der Waals surface area contributed by atoms with Gasteiger partial charge in [-0.25, -0.2) is 4.79 Å². The maximum Gasteiger partial charge on any atom is 0.506 e. The van der Waals surface area contributed by atoms with Crippen molar-refractivity contribution in [1.29, 1.82) is 0 Å². The Hall–Kier alpha value is -1.51. The first-order valence-electron chi connectivity index (χ1n) is 4.06. The van der Waals surface area contributed by atoms with Crippen molar-refractivity contribution in [2.24, 2.45) is 0 Å². The summed E-state index contributed by atoms with van der Waals surface area (Å²) in [5, 5.41) is 8.41. The normalized spacial score (nSPS) is 12.2. The van der Waals surface area contributed by atoms with Crippen LogP contribution in [0.4, 0.5) is 4.79 Å². The van der Waals surface area contributed by atoms with E-state index in [2.05, 4.69) is 4.74 Å². The van der Waals surface area contributed by atoms with E-state index in [1.165, 1.54) is 0 Å². The van der Waals surface area contributed by atoms with Crippen LogP contribution in [0.1, 0.15) is 24.2 Å². The summed E-state index contributed by atoms with van der Waals surface area (Å²) in [7, 11) is 0. The second-order valence-electron chi connectivity index (χ2n) is 2.88. The summed E-state index contributed by atoms with van der Waals surface area (Å²) >= 11 is 0. The molecule has 1 N–H and O–H groups in total. The first-order chi connectivity index (χ1) is 6.11. The Balaban J connectivity index is 2.82. The number of aryl methyl sites for hydroxylation is 1. The maximum atomic E-state index is 10.3. The molecule has 1 rings (SSSR count). The zero-order valence-electron chi connectivity index (χ0n) is 7.65. The van der Waals surface area contributed by atoms with Gasteiger partial charge in [0, 0.05) is 0 Å². The molecule has 13 heavy (non-hydrogen) atoms. The highest BCUT2D eigenvalue weighted by molar-refractivity contribution is 5.57. The van der Waals surface area contributed by atoms with Crippen LogP contribution in [0.15, 0.2) is 24.3 Å². The summed E-state index contributed by atoms with van der Waals surface area (Å²) < 4.78 is 4.63. The van der Waals surface area contributed by atoms with Crippen LogP contribution < -0.4 is 0 Å². The van der Waals surface area contributed by atoms with Gasteiger partial charge in [-0.1, -0.05) is 24.3 Å². The molecule has 0 aliphatic heterocycles. The van der Waals surface area contributed by atoms with Crippen molar-refractivity contribution in [3.63, 3.8) is 0 Å². The van der Waals surface area contributed by atoms with Gasteiger partial charge >= 0.3 is 6.16 Å². The minimum absolute atomic E-state index is 0.404. The molecule has 0 aromatic heterocycles. The molecule has 1 aromatic carbocycles. The van der Waals surface area contributed by atoms with E-state index >= 15 is 0 Å². The molecule has 0 heterocycles. The van der Waals surface area contributed by atoms with Gasteiger partial charge in [-0.15, -0.1) is 0 Å². The predicted molar refractivity (Wildman–Crippen MR) is 48.7 cm³/mol. The first-order valence-corrected chi connectivity index (χ1v) is 4.06. The van der Waals surface area contributed by atoms with Crippen molar-refractivity contribution in [3.05, 3.63) is 35.4 Å². The van der Waals surface area contributed by atoms with Crippen molar-refractivity contribution in [2.45, 2.75) is 20.0 Å². The summed E-state index contributed by atoms with van der Waals surface area (Å²) in [5.74, 6) is 0. The Morgan fingerprint density at radius 2 is 2.08 bits per heavy atom. The molecule has 70 valence electrons. The van der Waals surface area contributed by atoms with Crippen LogP contribution in [0.25, 0.3) is 0 Å². The summed E-state index contributed by atoms with van der Waals surface area (Å²) in [5.41, 5.74) is 1.95. The van der Waals surface area contributed by atoms with E-state index in [0.717, 1.165) is 11.1 Å². The molecular weight excluding hydrogens is 168 g/mol. The fourth-order valence-corrected chi connectivity index (χ4v) is 1.26. The molecule has 3 heteroatoms. The fourth-order valence-electron chi connectivity index (χ4n) is 1.26. The Bertz CT molecular complexity index is 307. The number of rotatable bonds is 2. The highest BCUT2D eigenvalue weighted by Gasteiger charge is 2.11. The van der Waals surface area contributed by atoms with Crippen molar-refractivity contribution >= 4 is 6.16 Å². The molecule has 1 unspecified atom stereocenters. The Labute approximate surface area is 77.0 Å². The van der Waals surface area contributed by atoms with E-state index in [4.69, 9.17) is 5.11 Å². The van der Waals surface area contributed by atoms with Gasteiger partial charge in [-0.05, 0) is 25.0 Å². The average molecular weight is 180 g/mol. The molecule has 0 amide bonds. The van der Waals surface area contributed by atoms with Crippen LogP contribution in [0, 0.1) is 6.92 Å². The SMILES string of the molecule is Cc1ccccc1C(C)OC(=O)O. The third kappa shape index (κ3) is 2.47. The van der Waals surface area contributed by atoms with Gasteiger partial charge < -0.3 is 9.84 Å². The molecular formula is C10H12O3. The van der Waals surface area contributed by atoms with E-state index in [1.807, 2.05) is 31.2 Å². The fraction of sp³-hybridized carbons (Fsp3) is 0.300. The quantitative estimate of drug-likeness (QED) is 0.712. The molecule has 3 nitrogen and oxygen atoms in total. The molecule has 0 fully saturated rings. The monoisotopic (exact) mass is 180 g/mol. The molecule has 0 aliphatic carbocycles. The van der Waals surface area contributed by atoms with Gasteiger partial charge in [0.2, 0.25) is 0 Å². The topological polar surface area (TPSA) is 46.5 Å². The maximum absolute atomic E-state index is 10.3. The Morgan fingerprint density at radius 1 is 1.46 bits per heavy atom. The van der Waals surface area contributed by atoms with Gasteiger partial charge in [-0.2, -0.15) is 0 Å². The summed E-state index contributed by atoms with van der Waals surface area (Å²) in [4.78, 5) is 10.3. The van der Waals surface area contributed by atoms with Gasteiger partial charge in [0.25, 0.3) is 0 Å². The summed E-state index contributed by atoms with van der Waals surface area (Å²) in [6.07, 6.45) is -1.64. The Kier molecular flexibility index (Phi) is 2.90. The van der Waals surface area contributed by atoms with Gasteiger partial charge in [0.1, 0.15) is 6.10 Å². The minimum atomic E-state index is -1.24. The molecule has 0 saturated carbocycles. The van der Waals surface area contributed by atoms with Crippen molar-refractivity contribution in [3.8, 4) is 0 Å². The van der Waals surface area contributed by atoms with Gasteiger partial charge in [0.05, 0.1) is 0 Å². The summed E-state index contributed by atoms with van der Waals surface area (Å²) in [6.45, 7) is 3.65. The van der Waals surface area contributed by atoms with E-state index < -0.39 is 12.3 Å². The predicted octanol–water partition coefficient (Wildman–Crippen LogP) is 2.75. The third-order valence-corrected chi connectivity index (χ3v) is 1.90. The zero-order valence-corrected chi connectivity index (χ0v) is 7.65. The highest BCUT2D eigenvalue weighted by atomic mass is 16.7. The van der Waals surface area contributed by atoms with E-state index in [1.54, 1.807) is 6.92 Å². The number of carboxylic acid groups (broad SMARTS) is 1. The third-order valence-electron chi connectivity index (χ3n) is 1.90. The standard InChI is InChI=1S/C10H12O3/c1-7-5-3-4-6-9(7)8(2)13-10(11)12/h3-6,8H,1-2H3,(H,11,12). The lowest BCUT2D eigenvalue weighted by Crippen LogP contribution is -2.06. The van der Waals surface area contributed by atoms with Crippen LogP contribution in [0.2, 0.25) is 0 Å². The lowest BCUT2D eigenvalue weighted by molar-refractivity contribution is 0.0585. The lowest BCUT2D eigenvalue weighted by Gasteiger charge is -2.12. The van der Waals surface area contributed by atoms with Crippen LogP contribution in [0.3, 0.4) is 0 Å². The van der Waals surface area contributed by atoms with Crippen LogP contribution in [0.5, 0.6) is 0 Å². The lowest BCUT2D eigenvalue weighted by atomic mass is 10.1. The molecule has 1 atom stereocenters. The minimum Gasteiger partial charge on any atom is -0.450 e. The number of hydrogen-bond donors (Lipinski definition) is 1. The molecule has 1 aromatic rings. The smallest absolute Gasteiger partial charge is 0.450 e. The van der Waals surface area contributed by atoms with Crippen LogP contribution >= 0.6 is 0 Å². The number of benzene rings is 1. The molecule has 0 aliphatic rings. The van der Waals surface area contributed by atoms with Crippen LogP contribution in [-0.2, 0) is 4.74 Å². The highest BCUT2D eigenvalue weighted by Crippen LogP contribution is 2.19. The zero-order chi connectivity index (χ0) is 9.84. The van der Waals surface area contributed by atoms with E-state index in [-0.39, 0.29) is 0 Å². The van der Waals surface area contributed by atoms with Gasteiger partial charge in [0.15, 0.2) is 0 Å². The number of ether oxygens (including phenoxy) is 1. The van der Waals surface area contributed by atoms with Gasteiger partial charge in [-0.3, -0.25) is 0 Å². The molecule has 0 bridgehead atoms. The second-order valence-corrected chi connectivity index (χ2v) is 2.88. The number of hydrogen-bond acceptors (Lipinski definition) is 2. The van der Waals surface area contributed by atoms with Crippen molar-refractivity contribution in [1.82, 2.24) is 0 Å². The molecule has 0 radical (unpaired) electrons. The van der Waals surface area contributed by atoms with Crippen LogP contribution in [-0.4, -0.2) is 11.3 Å². The molecule has 0 spiro atoms. The van der Waals surface area contributed by atoms with Crippen molar-refractivity contribution in [2.75, 3.05) is 0 Å². The largest absolute Gasteiger partial charge is 0.506 e. The Morgan fingerprint density at radius 3 is 2.62 bits per heavy atom. The second kappa shape index (κ2) is 3.94. The first kappa shape index (κ1) is 9.58. The number of carbonyl (C=O) groups is 1. The van der Waals surface area contributed by atoms with E-state index in [9.17, 15) is 4.79 Å². The molecule has 0 saturated heterocycles. The van der Waals surface area contributed by atoms with E-state index in [0.29, 0.717) is 0 Å². The average Bonchev–Trinajstić information content (AvgIpc) is 2.03. The van der Waals surface area contributed by atoms with Crippen molar-refractivity contribution < 1.29 is 14.6 Å². The summed E-state index contributed by atoms with van der Waals surface area (Å²) in [6, 6.07) is 7.57.